The van der Waals surface area contributed by atoms with E-state index in [2.05, 4.69) is 5.32 Å². The zero-order valence-electron chi connectivity index (χ0n) is 11.5. The van der Waals surface area contributed by atoms with Crippen LogP contribution in [0.5, 0.6) is 0 Å². The molecule has 0 aliphatic heterocycles. The topological polar surface area (TPSA) is 55.1 Å². The molecule has 1 aliphatic carbocycles. The second kappa shape index (κ2) is 5.29. The number of rotatable bonds is 4. The van der Waals surface area contributed by atoms with Crippen LogP contribution in [-0.4, -0.2) is 12.5 Å². The van der Waals surface area contributed by atoms with E-state index in [1.807, 2.05) is 19.9 Å². The number of hydrogen-bond donors (Lipinski definition) is 2. The zero-order valence-corrected chi connectivity index (χ0v) is 11.5. The predicted octanol–water partition coefficient (Wildman–Crippen LogP) is 2.30. The Morgan fingerprint density at radius 2 is 2.26 bits per heavy atom. The smallest absolute Gasteiger partial charge is 0.224 e. The van der Waals surface area contributed by atoms with Gasteiger partial charge in [0, 0.05) is 12.6 Å². The van der Waals surface area contributed by atoms with E-state index in [-0.39, 0.29) is 17.8 Å². The predicted molar refractivity (Wildman–Crippen MR) is 73.1 cm³/mol. The molecule has 2 rings (SSSR count). The van der Waals surface area contributed by atoms with Gasteiger partial charge in [-0.25, -0.2) is 4.39 Å². The highest BCUT2D eigenvalue weighted by Gasteiger charge is 2.27. The van der Waals surface area contributed by atoms with Gasteiger partial charge in [0.15, 0.2) is 0 Å². The number of aryl methyl sites for hydroxylation is 1. The van der Waals surface area contributed by atoms with Crippen molar-refractivity contribution in [1.82, 2.24) is 5.32 Å². The summed E-state index contributed by atoms with van der Waals surface area (Å²) >= 11 is 0. The van der Waals surface area contributed by atoms with Gasteiger partial charge in [0.2, 0.25) is 5.91 Å². The van der Waals surface area contributed by atoms with Gasteiger partial charge in [-0.1, -0.05) is 6.07 Å². The van der Waals surface area contributed by atoms with Crippen LogP contribution in [0.25, 0.3) is 0 Å². The molecule has 1 aromatic rings. The monoisotopic (exact) mass is 264 g/mol. The fraction of sp³-hybridized carbons (Fsp3) is 0.533. The number of primary amides is 1. The lowest BCUT2D eigenvalue weighted by molar-refractivity contribution is -0.125. The van der Waals surface area contributed by atoms with Crippen LogP contribution < -0.4 is 11.1 Å². The Labute approximate surface area is 113 Å². The van der Waals surface area contributed by atoms with E-state index in [4.69, 9.17) is 5.73 Å². The first-order chi connectivity index (χ1) is 8.90. The van der Waals surface area contributed by atoms with Crippen LogP contribution in [0.4, 0.5) is 4.39 Å². The number of halogens is 1. The van der Waals surface area contributed by atoms with Gasteiger partial charge in [0.05, 0.1) is 5.41 Å². The molecule has 0 fully saturated rings. The van der Waals surface area contributed by atoms with Crippen molar-refractivity contribution in [2.24, 2.45) is 11.1 Å². The molecule has 19 heavy (non-hydrogen) atoms. The third-order valence-corrected chi connectivity index (χ3v) is 3.88. The molecule has 1 amide bonds. The molecule has 0 saturated carbocycles. The Bertz CT molecular complexity index is 485. The number of hydrogen-bond acceptors (Lipinski definition) is 2. The Kier molecular flexibility index (Phi) is 3.90. The third kappa shape index (κ3) is 3.13. The fourth-order valence-corrected chi connectivity index (χ4v) is 2.45. The van der Waals surface area contributed by atoms with E-state index in [0.717, 1.165) is 24.8 Å². The van der Waals surface area contributed by atoms with Crippen LogP contribution in [0.2, 0.25) is 0 Å². The Balaban J connectivity index is 2.12. The summed E-state index contributed by atoms with van der Waals surface area (Å²) in [5, 5.41) is 3.36. The molecule has 0 unspecified atom stereocenters. The van der Waals surface area contributed by atoms with Crippen molar-refractivity contribution in [1.29, 1.82) is 0 Å². The molecule has 4 heteroatoms. The van der Waals surface area contributed by atoms with E-state index < -0.39 is 5.41 Å². The molecule has 3 nitrogen and oxygen atoms in total. The average molecular weight is 264 g/mol. The van der Waals surface area contributed by atoms with E-state index >= 15 is 0 Å². The fourth-order valence-electron chi connectivity index (χ4n) is 2.45. The van der Waals surface area contributed by atoms with Crippen LogP contribution in [0, 0.1) is 11.2 Å². The second-order valence-electron chi connectivity index (χ2n) is 5.92. The van der Waals surface area contributed by atoms with Crippen LogP contribution in [0.15, 0.2) is 18.2 Å². The van der Waals surface area contributed by atoms with E-state index in [1.165, 1.54) is 11.6 Å². The molecule has 1 aliphatic rings. The van der Waals surface area contributed by atoms with E-state index in [1.54, 1.807) is 6.07 Å². The van der Waals surface area contributed by atoms with Gasteiger partial charge in [-0.05, 0) is 56.4 Å². The summed E-state index contributed by atoms with van der Waals surface area (Å²) < 4.78 is 13.4. The van der Waals surface area contributed by atoms with Crippen molar-refractivity contribution in [3.63, 3.8) is 0 Å². The maximum absolute atomic E-state index is 13.4. The molecule has 3 N–H and O–H groups in total. The lowest BCUT2D eigenvalue weighted by Gasteiger charge is -2.30. The van der Waals surface area contributed by atoms with Gasteiger partial charge in [-0.2, -0.15) is 0 Å². The zero-order chi connectivity index (χ0) is 14.0. The molecular weight excluding hydrogens is 243 g/mol. The lowest BCUT2D eigenvalue weighted by atomic mass is 9.86. The highest BCUT2D eigenvalue weighted by Crippen LogP contribution is 2.30. The lowest BCUT2D eigenvalue weighted by Crippen LogP contribution is -2.42. The first kappa shape index (κ1) is 14.0. The minimum absolute atomic E-state index is 0.109. The first-order valence-electron chi connectivity index (χ1n) is 6.72. The van der Waals surface area contributed by atoms with Gasteiger partial charge in [-0.3, -0.25) is 4.79 Å². The molecule has 0 saturated heterocycles. The molecule has 0 aromatic heterocycles. The number of benzene rings is 1. The molecule has 0 spiro atoms. The number of amides is 1. The highest BCUT2D eigenvalue weighted by molar-refractivity contribution is 5.80. The number of nitrogens with one attached hydrogen (secondary N) is 1. The van der Waals surface area contributed by atoms with Crippen molar-refractivity contribution < 1.29 is 9.18 Å². The molecule has 104 valence electrons. The van der Waals surface area contributed by atoms with E-state index in [9.17, 15) is 9.18 Å². The summed E-state index contributed by atoms with van der Waals surface area (Å²) in [6.45, 7) is 4.14. The quantitative estimate of drug-likeness (QED) is 0.876. The third-order valence-electron chi connectivity index (χ3n) is 3.88. The Morgan fingerprint density at radius 1 is 1.53 bits per heavy atom. The minimum atomic E-state index is -0.592. The molecule has 0 radical (unpaired) electrons. The Morgan fingerprint density at radius 3 is 2.95 bits per heavy atom. The molecule has 0 heterocycles. The number of carbonyl (C=O) groups is 1. The summed E-state index contributed by atoms with van der Waals surface area (Å²) in [6, 6.07) is 5.08. The van der Waals surface area contributed by atoms with Gasteiger partial charge < -0.3 is 11.1 Å². The normalized spacial score (nSPS) is 19.0. The number of nitrogens with two attached hydrogens (primary N) is 1. The van der Waals surface area contributed by atoms with Gasteiger partial charge >= 0.3 is 0 Å². The maximum Gasteiger partial charge on any atom is 0.224 e. The maximum atomic E-state index is 13.4. The van der Waals surface area contributed by atoms with Gasteiger partial charge in [-0.15, -0.1) is 0 Å². The summed E-state index contributed by atoms with van der Waals surface area (Å²) in [7, 11) is 0. The largest absolute Gasteiger partial charge is 0.369 e. The second-order valence-corrected chi connectivity index (χ2v) is 5.92. The van der Waals surface area contributed by atoms with Crippen molar-refractivity contribution in [3.8, 4) is 0 Å². The molecule has 0 bridgehead atoms. The number of fused-ring (bicyclic) bond motifs is 1. The van der Waals surface area contributed by atoms with Crippen LogP contribution in [0.3, 0.4) is 0 Å². The standard InChI is InChI=1S/C15H21FN2O/c1-15(2,14(17)19)9-18-13-5-3-4-10-6-7-11(16)8-12(10)13/h6-8,13,18H,3-5,9H2,1-2H3,(H2,17,19)/t13-/m1/s1. The van der Waals surface area contributed by atoms with Crippen molar-refractivity contribution in [2.45, 2.75) is 39.2 Å². The summed E-state index contributed by atoms with van der Waals surface area (Å²) in [4.78, 5) is 11.3. The molecular formula is C15H21FN2O. The van der Waals surface area contributed by atoms with Crippen LogP contribution >= 0.6 is 0 Å². The summed E-state index contributed by atoms with van der Waals surface area (Å²) in [5.41, 5.74) is 6.99. The highest BCUT2D eigenvalue weighted by atomic mass is 19.1. The average Bonchev–Trinajstić information content (AvgIpc) is 2.36. The summed E-state index contributed by atoms with van der Waals surface area (Å²) in [6.07, 6.45) is 3.03. The first-order valence-corrected chi connectivity index (χ1v) is 6.72. The Hall–Kier alpha value is -1.42. The van der Waals surface area contributed by atoms with Gasteiger partial charge in [0.25, 0.3) is 0 Å². The molecule has 1 atom stereocenters. The van der Waals surface area contributed by atoms with Crippen molar-refractivity contribution in [2.75, 3.05) is 6.54 Å². The van der Waals surface area contributed by atoms with Crippen LogP contribution in [0.1, 0.15) is 43.9 Å². The molecule has 1 aromatic carbocycles. The van der Waals surface area contributed by atoms with E-state index in [0.29, 0.717) is 6.54 Å². The SMILES string of the molecule is CC(C)(CN[C@@H]1CCCc2ccc(F)cc21)C(N)=O. The van der Waals surface area contributed by atoms with Crippen LogP contribution in [-0.2, 0) is 11.2 Å². The van der Waals surface area contributed by atoms with Gasteiger partial charge in [0.1, 0.15) is 5.82 Å². The number of carbonyl (C=O) groups excluding carboxylic acids is 1. The minimum Gasteiger partial charge on any atom is -0.369 e. The van der Waals surface area contributed by atoms with Crippen molar-refractivity contribution in [3.05, 3.63) is 35.1 Å². The summed E-state index contributed by atoms with van der Waals surface area (Å²) in [5.74, 6) is -0.531. The van der Waals surface area contributed by atoms with Crippen molar-refractivity contribution >= 4 is 5.91 Å².